The van der Waals surface area contributed by atoms with Crippen LogP contribution in [0.15, 0.2) is 36.5 Å². The summed E-state index contributed by atoms with van der Waals surface area (Å²) < 4.78 is 44.0. The molecule has 0 saturated heterocycles. The van der Waals surface area contributed by atoms with Gasteiger partial charge in [-0.1, -0.05) is 12.1 Å². The molecule has 3 rings (SSSR count). The minimum Gasteiger partial charge on any atom is -0.484 e. The number of halogens is 2. The van der Waals surface area contributed by atoms with Crippen LogP contribution in [0, 0.1) is 17.0 Å². The molecule has 0 saturated carbocycles. The molecule has 0 fully saturated rings. The van der Waals surface area contributed by atoms with Crippen molar-refractivity contribution in [2.75, 3.05) is 53.1 Å². The molecule has 1 atom stereocenters. The lowest BCUT2D eigenvalue weighted by Crippen LogP contribution is -2.50. The first kappa shape index (κ1) is 31.4. The predicted molar refractivity (Wildman–Crippen MR) is 142 cm³/mol. The number of rotatable bonds is 7. The van der Waals surface area contributed by atoms with Crippen LogP contribution in [0.5, 0.6) is 5.75 Å². The van der Waals surface area contributed by atoms with Gasteiger partial charge in [-0.2, -0.15) is 0 Å². The van der Waals surface area contributed by atoms with Crippen molar-refractivity contribution < 1.29 is 42.2 Å². The molecule has 0 radical (unpaired) electrons. The highest BCUT2D eigenvalue weighted by atomic mass is 19.1. The Kier molecular flexibility index (Phi) is 11.5. The molecular weight excluding hydrogens is 542 g/mol. The van der Waals surface area contributed by atoms with Crippen LogP contribution in [0.4, 0.5) is 8.78 Å². The summed E-state index contributed by atoms with van der Waals surface area (Å²) >= 11 is 0. The topological polar surface area (TPSA) is 136 Å². The van der Waals surface area contributed by atoms with E-state index in [-0.39, 0.29) is 39.3 Å². The highest BCUT2D eigenvalue weighted by molar-refractivity contribution is 5.95. The van der Waals surface area contributed by atoms with Gasteiger partial charge in [0.25, 0.3) is 11.8 Å². The fourth-order valence-corrected chi connectivity index (χ4v) is 4.46. The fourth-order valence-electron chi connectivity index (χ4n) is 4.46. The zero-order chi connectivity index (χ0) is 29.8. The van der Waals surface area contributed by atoms with Crippen molar-refractivity contribution in [3.05, 3.63) is 59.4 Å². The van der Waals surface area contributed by atoms with Gasteiger partial charge in [-0.3, -0.25) is 19.2 Å². The molecule has 2 N–H and O–H groups in total. The molecule has 1 aliphatic heterocycles. The molecule has 13 heteroatoms. The molecule has 1 aromatic heterocycles. The van der Waals surface area contributed by atoms with Gasteiger partial charge in [-0.15, -0.1) is 0 Å². The smallest absolute Gasteiger partial charge is 0.314 e. The van der Waals surface area contributed by atoms with Crippen LogP contribution in [-0.4, -0.2) is 86.7 Å². The number of esters is 1. The fraction of sp³-hybridized carbons (Fsp3) is 0.464. The Bertz CT molecular complexity index is 1250. The van der Waals surface area contributed by atoms with E-state index in [1.54, 1.807) is 38.3 Å². The molecule has 2 aromatic rings. The Morgan fingerprint density at radius 1 is 1.17 bits per heavy atom. The van der Waals surface area contributed by atoms with Gasteiger partial charge in [0.15, 0.2) is 18.1 Å². The number of methoxy groups -OCH3 is 1. The Labute approximate surface area is 236 Å². The second-order valence-corrected chi connectivity index (χ2v) is 9.55. The zero-order valence-corrected chi connectivity index (χ0v) is 23.0. The quantitative estimate of drug-likeness (QED) is 0.375. The third-order valence-corrected chi connectivity index (χ3v) is 6.48. The van der Waals surface area contributed by atoms with Gasteiger partial charge in [-0.25, -0.2) is 13.8 Å². The molecule has 0 aliphatic carbocycles. The molecule has 2 heterocycles. The number of nitrogens with one attached hydrogen (secondary N) is 2. The van der Waals surface area contributed by atoms with E-state index in [0.29, 0.717) is 43.0 Å². The summed E-state index contributed by atoms with van der Waals surface area (Å²) in [4.78, 5) is 56.5. The van der Waals surface area contributed by atoms with E-state index >= 15 is 0 Å². The van der Waals surface area contributed by atoms with E-state index < -0.39 is 53.0 Å². The van der Waals surface area contributed by atoms with Gasteiger partial charge < -0.3 is 29.7 Å². The lowest BCUT2D eigenvalue weighted by Gasteiger charge is -2.32. The van der Waals surface area contributed by atoms with Crippen molar-refractivity contribution in [1.82, 2.24) is 20.5 Å². The minimum absolute atomic E-state index is 0.0894. The summed E-state index contributed by atoms with van der Waals surface area (Å²) in [6.07, 6.45) is 1.66. The SMILES string of the molecule is CCOC(=O)C1(CCCOC)CNC(=O)CN(C(=O)c2ncc(F)cc2F)CCNC(=O)COc2cccc(c2)C1. The van der Waals surface area contributed by atoms with Gasteiger partial charge in [0.1, 0.15) is 11.6 Å². The first-order valence-corrected chi connectivity index (χ1v) is 13.2. The predicted octanol–water partition coefficient (Wildman–Crippen LogP) is 1.65. The van der Waals surface area contributed by atoms with Crippen LogP contribution < -0.4 is 15.4 Å². The summed E-state index contributed by atoms with van der Waals surface area (Å²) in [6.45, 7) is 0.888. The maximum absolute atomic E-state index is 14.4. The summed E-state index contributed by atoms with van der Waals surface area (Å²) in [6, 6.07) is 7.44. The Morgan fingerprint density at radius 2 is 1.98 bits per heavy atom. The number of amides is 3. The monoisotopic (exact) mass is 576 g/mol. The number of pyridine rings is 1. The highest BCUT2D eigenvalue weighted by Gasteiger charge is 2.40. The second-order valence-electron chi connectivity index (χ2n) is 9.55. The summed E-state index contributed by atoms with van der Waals surface area (Å²) in [5.41, 5.74) is -1.16. The average Bonchev–Trinajstić information content (AvgIpc) is 2.94. The maximum Gasteiger partial charge on any atom is 0.314 e. The minimum atomic E-state index is -1.20. The first-order valence-electron chi connectivity index (χ1n) is 13.2. The molecule has 1 aliphatic rings. The standard InChI is InChI=1S/C28H34F2N4O7/c1-3-40-27(38)28(8-5-11-39-2)14-19-6-4-7-21(12-19)41-17-24(36)31-9-10-34(16-23(35)33-18-28)26(37)25-22(30)13-20(29)15-32-25/h4,6-7,12-13,15H,3,5,8-11,14,16-18H2,1-2H3,(H,31,36)(H,33,35). The third kappa shape index (κ3) is 8.93. The average molecular weight is 577 g/mol. The Hall–Kier alpha value is -4.13. The number of aromatic nitrogens is 1. The zero-order valence-electron chi connectivity index (χ0n) is 23.0. The number of carbonyl (C=O) groups is 4. The maximum atomic E-state index is 14.4. The number of ether oxygens (including phenoxy) is 3. The largest absolute Gasteiger partial charge is 0.484 e. The normalized spacial score (nSPS) is 18.6. The van der Waals surface area contributed by atoms with Crippen molar-refractivity contribution >= 4 is 23.7 Å². The number of hydrogen-bond donors (Lipinski definition) is 2. The summed E-state index contributed by atoms with van der Waals surface area (Å²) in [5.74, 6) is -4.39. The van der Waals surface area contributed by atoms with Gasteiger partial charge in [0, 0.05) is 39.4 Å². The van der Waals surface area contributed by atoms with Crippen molar-refractivity contribution in [3.63, 3.8) is 0 Å². The lowest BCUT2D eigenvalue weighted by atomic mass is 9.77. The van der Waals surface area contributed by atoms with Crippen LogP contribution in [0.2, 0.25) is 0 Å². The molecule has 0 spiro atoms. The van der Waals surface area contributed by atoms with E-state index in [4.69, 9.17) is 14.2 Å². The summed E-state index contributed by atoms with van der Waals surface area (Å²) in [5, 5.41) is 5.31. The molecule has 222 valence electrons. The van der Waals surface area contributed by atoms with E-state index in [9.17, 15) is 28.0 Å². The molecule has 2 bridgehead atoms. The van der Waals surface area contributed by atoms with Crippen LogP contribution in [-0.2, 0) is 30.3 Å². The summed E-state index contributed by atoms with van der Waals surface area (Å²) in [7, 11) is 1.54. The van der Waals surface area contributed by atoms with Crippen LogP contribution in [0.3, 0.4) is 0 Å². The van der Waals surface area contributed by atoms with Crippen LogP contribution >= 0.6 is 0 Å². The molecule has 1 unspecified atom stereocenters. The number of hydrogen-bond acceptors (Lipinski definition) is 8. The van der Waals surface area contributed by atoms with Crippen LogP contribution in [0.25, 0.3) is 0 Å². The third-order valence-electron chi connectivity index (χ3n) is 6.48. The molecule has 41 heavy (non-hydrogen) atoms. The Balaban J connectivity index is 1.95. The molecule has 3 amide bonds. The number of benzene rings is 1. The van der Waals surface area contributed by atoms with Gasteiger partial charge in [0.2, 0.25) is 5.91 Å². The van der Waals surface area contributed by atoms with Crippen molar-refractivity contribution in [1.29, 1.82) is 0 Å². The molecule has 11 nitrogen and oxygen atoms in total. The number of nitrogens with zero attached hydrogens (tertiary/aromatic N) is 2. The lowest BCUT2D eigenvalue weighted by molar-refractivity contribution is -0.156. The number of fused-ring (bicyclic) bond motifs is 2. The van der Waals surface area contributed by atoms with Crippen LogP contribution in [0.1, 0.15) is 35.8 Å². The van der Waals surface area contributed by atoms with Crippen molar-refractivity contribution in [2.24, 2.45) is 5.41 Å². The van der Waals surface area contributed by atoms with Crippen molar-refractivity contribution in [3.8, 4) is 5.75 Å². The molecule has 1 aromatic carbocycles. The van der Waals surface area contributed by atoms with E-state index in [1.807, 2.05) is 0 Å². The first-order chi connectivity index (χ1) is 19.7. The molecular formula is C28H34F2N4O7. The van der Waals surface area contributed by atoms with Gasteiger partial charge in [0.05, 0.1) is 24.8 Å². The second kappa shape index (κ2) is 15.0. The van der Waals surface area contributed by atoms with Gasteiger partial charge >= 0.3 is 5.97 Å². The Morgan fingerprint density at radius 3 is 2.71 bits per heavy atom. The van der Waals surface area contributed by atoms with E-state index in [1.165, 1.54) is 0 Å². The van der Waals surface area contributed by atoms with E-state index in [2.05, 4.69) is 15.6 Å². The number of carbonyl (C=O) groups excluding carboxylic acids is 4. The van der Waals surface area contributed by atoms with Gasteiger partial charge in [-0.05, 0) is 43.9 Å². The van der Waals surface area contributed by atoms with E-state index in [0.717, 1.165) is 4.90 Å². The van der Waals surface area contributed by atoms with Crippen molar-refractivity contribution in [2.45, 2.75) is 26.2 Å². The highest BCUT2D eigenvalue weighted by Crippen LogP contribution is 2.32.